The second kappa shape index (κ2) is 8.34. The number of nitro benzene ring substituents is 1. The number of nitrogens with one attached hydrogen (secondary N) is 1. The standard InChI is InChI=1S/C18H15FN2O7S2/c19-13-3-7-15(8-4-13)29(24,25)18(17-2-1-11-28-17)12-20-30(26,27)16-9-5-14(6-10-16)21(22)23/h1-11,18,20H,12H2/t18-/m0/s1. The van der Waals surface area contributed by atoms with Crippen LogP contribution in [0.3, 0.4) is 0 Å². The maximum Gasteiger partial charge on any atom is 0.269 e. The number of hydrogen-bond acceptors (Lipinski definition) is 7. The summed E-state index contributed by atoms with van der Waals surface area (Å²) >= 11 is 0. The van der Waals surface area contributed by atoms with Crippen molar-refractivity contribution in [3.63, 3.8) is 0 Å². The third-order valence-electron chi connectivity index (χ3n) is 4.19. The van der Waals surface area contributed by atoms with Gasteiger partial charge in [-0.3, -0.25) is 10.1 Å². The fourth-order valence-corrected chi connectivity index (χ4v) is 5.38. The lowest BCUT2D eigenvalue weighted by molar-refractivity contribution is -0.384. The molecule has 0 aliphatic rings. The van der Waals surface area contributed by atoms with E-state index in [2.05, 4.69) is 4.72 Å². The van der Waals surface area contributed by atoms with Gasteiger partial charge in [-0.05, 0) is 48.5 Å². The van der Waals surface area contributed by atoms with Crippen molar-refractivity contribution in [2.24, 2.45) is 0 Å². The van der Waals surface area contributed by atoms with Gasteiger partial charge in [0.05, 0.1) is 21.0 Å². The molecule has 158 valence electrons. The zero-order chi connectivity index (χ0) is 21.9. The van der Waals surface area contributed by atoms with Crippen molar-refractivity contribution in [1.82, 2.24) is 4.72 Å². The molecule has 0 fully saturated rings. The summed E-state index contributed by atoms with van der Waals surface area (Å²) in [7, 11) is -8.32. The molecule has 30 heavy (non-hydrogen) atoms. The van der Waals surface area contributed by atoms with E-state index in [0.717, 1.165) is 48.5 Å². The van der Waals surface area contributed by atoms with E-state index in [1.807, 2.05) is 0 Å². The first-order valence-corrected chi connectivity index (χ1v) is 11.4. The highest BCUT2D eigenvalue weighted by molar-refractivity contribution is 7.92. The zero-order valence-electron chi connectivity index (χ0n) is 15.1. The Balaban J connectivity index is 1.89. The maximum atomic E-state index is 13.2. The van der Waals surface area contributed by atoms with E-state index in [0.29, 0.717) is 0 Å². The van der Waals surface area contributed by atoms with Crippen molar-refractivity contribution in [1.29, 1.82) is 0 Å². The zero-order valence-corrected chi connectivity index (χ0v) is 16.8. The Morgan fingerprint density at radius 1 is 0.967 bits per heavy atom. The van der Waals surface area contributed by atoms with Gasteiger partial charge in [-0.1, -0.05) is 0 Å². The Kier molecular flexibility index (Phi) is 6.01. The Labute approximate surface area is 171 Å². The van der Waals surface area contributed by atoms with Gasteiger partial charge in [0.1, 0.15) is 16.8 Å². The van der Waals surface area contributed by atoms with Crippen molar-refractivity contribution in [2.75, 3.05) is 6.54 Å². The molecule has 0 aliphatic carbocycles. The van der Waals surface area contributed by atoms with E-state index in [-0.39, 0.29) is 21.2 Å². The summed E-state index contributed by atoms with van der Waals surface area (Å²) in [5, 5.41) is 9.29. The summed E-state index contributed by atoms with van der Waals surface area (Å²) in [4.78, 5) is 9.56. The van der Waals surface area contributed by atoms with Crippen molar-refractivity contribution in [3.8, 4) is 0 Å². The number of hydrogen-bond donors (Lipinski definition) is 1. The number of sulfone groups is 1. The summed E-state index contributed by atoms with van der Waals surface area (Å²) in [6.07, 6.45) is 1.24. The van der Waals surface area contributed by atoms with Crippen molar-refractivity contribution in [3.05, 3.63) is 88.6 Å². The van der Waals surface area contributed by atoms with Crippen molar-refractivity contribution in [2.45, 2.75) is 15.0 Å². The first-order valence-electron chi connectivity index (χ1n) is 8.38. The first-order chi connectivity index (χ1) is 14.1. The number of sulfonamides is 1. The van der Waals surface area contributed by atoms with Gasteiger partial charge >= 0.3 is 0 Å². The minimum atomic E-state index is -4.18. The van der Waals surface area contributed by atoms with E-state index >= 15 is 0 Å². The number of benzene rings is 2. The van der Waals surface area contributed by atoms with E-state index in [4.69, 9.17) is 4.42 Å². The second-order valence-corrected chi connectivity index (χ2v) is 10.0. The SMILES string of the molecule is O=[N+]([O-])c1ccc(S(=O)(=O)NC[C@@H](c2ccco2)S(=O)(=O)c2ccc(F)cc2)cc1. The molecule has 1 atom stereocenters. The van der Waals surface area contributed by atoms with Crippen molar-refractivity contribution < 1.29 is 30.6 Å². The first kappa shape index (κ1) is 21.6. The third-order valence-corrected chi connectivity index (χ3v) is 7.71. The van der Waals surface area contributed by atoms with Crippen LogP contribution in [0.4, 0.5) is 10.1 Å². The van der Waals surface area contributed by atoms with E-state index in [1.165, 1.54) is 18.4 Å². The smallest absolute Gasteiger partial charge is 0.269 e. The molecule has 0 saturated heterocycles. The molecule has 0 spiro atoms. The average Bonchev–Trinajstić information content (AvgIpc) is 3.22. The van der Waals surface area contributed by atoms with Crippen LogP contribution >= 0.6 is 0 Å². The van der Waals surface area contributed by atoms with Crippen LogP contribution < -0.4 is 4.72 Å². The van der Waals surface area contributed by atoms with Gasteiger partial charge in [-0.25, -0.2) is 25.9 Å². The molecule has 1 aromatic heterocycles. The molecule has 9 nitrogen and oxygen atoms in total. The van der Waals surface area contributed by atoms with Crippen LogP contribution in [0.5, 0.6) is 0 Å². The van der Waals surface area contributed by atoms with E-state index in [1.54, 1.807) is 0 Å². The second-order valence-electron chi connectivity index (χ2n) is 6.11. The van der Waals surface area contributed by atoms with E-state index < -0.39 is 42.4 Å². The summed E-state index contributed by atoms with van der Waals surface area (Å²) in [6, 6.07) is 11.1. The summed E-state index contributed by atoms with van der Waals surface area (Å²) in [6.45, 7) is -0.577. The molecule has 0 amide bonds. The lowest BCUT2D eigenvalue weighted by Crippen LogP contribution is -2.31. The van der Waals surface area contributed by atoms with E-state index in [9.17, 15) is 31.3 Å². The molecule has 12 heteroatoms. The lowest BCUT2D eigenvalue weighted by atomic mass is 10.3. The van der Waals surface area contributed by atoms with Crippen LogP contribution in [-0.2, 0) is 19.9 Å². The largest absolute Gasteiger partial charge is 0.468 e. The van der Waals surface area contributed by atoms with Gasteiger partial charge in [0.15, 0.2) is 9.84 Å². The summed E-state index contributed by atoms with van der Waals surface area (Å²) in [5.74, 6) is -0.631. The average molecular weight is 454 g/mol. The van der Waals surface area contributed by atoms with Gasteiger partial charge in [0.25, 0.3) is 5.69 Å². The Hall–Kier alpha value is -3.09. The fourth-order valence-electron chi connectivity index (χ4n) is 2.64. The number of rotatable bonds is 8. The lowest BCUT2D eigenvalue weighted by Gasteiger charge is -2.17. The van der Waals surface area contributed by atoms with Crippen LogP contribution in [0.15, 0.2) is 81.1 Å². The predicted molar refractivity (Wildman–Crippen MR) is 103 cm³/mol. The van der Waals surface area contributed by atoms with Gasteiger partial charge in [-0.2, -0.15) is 0 Å². The van der Waals surface area contributed by atoms with Crippen LogP contribution in [0.2, 0.25) is 0 Å². The van der Waals surface area contributed by atoms with Gasteiger partial charge in [-0.15, -0.1) is 0 Å². The highest BCUT2D eigenvalue weighted by Gasteiger charge is 2.33. The van der Waals surface area contributed by atoms with Crippen molar-refractivity contribution >= 4 is 25.5 Å². The van der Waals surface area contributed by atoms with Crippen LogP contribution in [-0.4, -0.2) is 28.3 Å². The third kappa shape index (κ3) is 4.56. The molecule has 0 unspecified atom stereocenters. The Morgan fingerprint density at radius 2 is 1.57 bits per heavy atom. The summed E-state index contributed by atoms with van der Waals surface area (Å²) < 4.78 is 71.7. The highest BCUT2D eigenvalue weighted by atomic mass is 32.2. The normalized spacial score (nSPS) is 13.1. The van der Waals surface area contributed by atoms with Gasteiger partial charge in [0, 0.05) is 18.7 Å². The molecular formula is C18H15FN2O7S2. The Morgan fingerprint density at radius 3 is 2.10 bits per heavy atom. The topological polar surface area (TPSA) is 137 Å². The van der Waals surface area contributed by atoms with Gasteiger partial charge < -0.3 is 4.42 Å². The molecule has 3 rings (SSSR count). The predicted octanol–water partition coefficient (Wildman–Crippen LogP) is 2.82. The number of halogens is 1. The molecule has 2 aromatic carbocycles. The minimum Gasteiger partial charge on any atom is -0.468 e. The number of nitrogens with zero attached hydrogens (tertiary/aromatic N) is 1. The molecule has 0 bridgehead atoms. The molecular weight excluding hydrogens is 439 g/mol. The highest BCUT2D eigenvalue weighted by Crippen LogP contribution is 2.29. The Bertz CT molecular complexity index is 1240. The molecule has 0 aliphatic heterocycles. The van der Waals surface area contributed by atoms with Crippen LogP contribution in [0.1, 0.15) is 11.0 Å². The minimum absolute atomic E-state index is 0.00859. The number of furan rings is 1. The number of nitro groups is 1. The molecule has 0 radical (unpaired) electrons. The maximum absolute atomic E-state index is 13.2. The molecule has 1 heterocycles. The van der Waals surface area contributed by atoms with Gasteiger partial charge in [0.2, 0.25) is 10.0 Å². The molecule has 3 aromatic rings. The molecule has 0 saturated carbocycles. The van der Waals surface area contributed by atoms with Crippen LogP contribution in [0, 0.1) is 15.9 Å². The fraction of sp³-hybridized carbons (Fsp3) is 0.111. The number of non-ortho nitro benzene ring substituents is 1. The van der Waals surface area contributed by atoms with Crippen LogP contribution in [0.25, 0.3) is 0 Å². The monoisotopic (exact) mass is 454 g/mol. The quantitative estimate of drug-likeness (QED) is 0.314. The summed E-state index contributed by atoms with van der Waals surface area (Å²) in [5.41, 5.74) is -0.290. The molecule has 1 N–H and O–H groups in total.